The van der Waals surface area contributed by atoms with Crippen molar-refractivity contribution in [3.63, 3.8) is 0 Å². The molecule has 9 nitrogen and oxygen atoms in total. The lowest BCUT2D eigenvalue weighted by Crippen LogP contribution is -2.51. The lowest BCUT2D eigenvalue weighted by Gasteiger charge is -2.39. The number of piperidine rings is 1. The zero-order valence-corrected chi connectivity index (χ0v) is 21.1. The van der Waals surface area contributed by atoms with E-state index in [1.54, 1.807) is 18.2 Å². The molecular weight excluding hydrogens is 489 g/mol. The Morgan fingerprint density at radius 2 is 1.94 bits per heavy atom. The minimum Gasteiger partial charge on any atom is -0.444 e. The molecule has 35 heavy (non-hydrogen) atoms. The van der Waals surface area contributed by atoms with Crippen LogP contribution in [0.4, 0.5) is 10.7 Å². The van der Waals surface area contributed by atoms with Gasteiger partial charge in [-0.2, -0.15) is 15.3 Å². The van der Waals surface area contributed by atoms with Gasteiger partial charge in [0.1, 0.15) is 17.4 Å². The maximum absolute atomic E-state index is 12.3. The summed E-state index contributed by atoms with van der Waals surface area (Å²) in [7, 11) is 0. The number of H-pyrrole nitrogens is 1. The van der Waals surface area contributed by atoms with E-state index in [0.717, 1.165) is 25.7 Å². The zero-order valence-electron chi connectivity index (χ0n) is 19.6. The highest BCUT2D eigenvalue weighted by atomic mass is 35.5. The van der Waals surface area contributed by atoms with E-state index in [-0.39, 0.29) is 23.8 Å². The van der Waals surface area contributed by atoms with Gasteiger partial charge in [-0.1, -0.05) is 35.3 Å². The van der Waals surface area contributed by atoms with Crippen LogP contribution in [0.3, 0.4) is 0 Å². The minimum atomic E-state index is -0.543. The first-order valence-electron chi connectivity index (χ1n) is 11.5. The van der Waals surface area contributed by atoms with Gasteiger partial charge in [0, 0.05) is 23.7 Å². The Hall–Kier alpha value is -3.09. The Morgan fingerprint density at radius 3 is 2.60 bits per heavy atom. The number of aromatic nitrogens is 4. The van der Waals surface area contributed by atoms with E-state index in [9.17, 15) is 10.1 Å². The van der Waals surface area contributed by atoms with Crippen LogP contribution in [0.2, 0.25) is 10.0 Å². The zero-order chi connectivity index (χ0) is 24.9. The summed E-state index contributed by atoms with van der Waals surface area (Å²) in [4.78, 5) is 23.8. The van der Waals surface area contributed by atoms with Crippen molar-refractivity contribution in [1.82, 2.24) is 25.5 Å². The highest BCUT2D eigenvalue weighted by molar-refractivity contribution is 6.43. The molecule has 182 valence electrons. The fourth-order valence-corrected chi connectivity index (χ4v) is 5.48. The van der Waals surface area contributed by atoms with Crippen LogP contribution in [0, 0.1) is 11.3 Å². The molecule has 0 saturated carbocycles. The predicted octanol–water partition coefficient (Wildman–Crippen LogP) is 5.22. The van der Waals surface area contributed by atoms with Gasteiger partial charge in [0.15, 0.2) is 11.3 Å². The average molecular weight is 514 g/mol. The quantitative estimate of drug-likeness (QED) is 0.492. The van der Waals surface area contributed by atoms with E-state index < -0.39 is 11.7 Å². The maximum Gasteiger partial charge on any atom is 0.407 e. The molecule has 0 aliphatic carbocycles. The van der Waals surface area contributed by atoms with Crippen molar-refractivity contribution in [3.8, 4) is 17.3 Å². The third-order valence-corrected chi connectivity index (χ3v) is 7.22. The van der Waals surface area contributed by atoms with Crippen LogP contribution in [0.1, 0.15) is 52.1 Å². The predicted molar refractivity (Wildman–Crippen MR) is 134 cm³/mol. The van der Waals surface area contributed by atoms with E-state index in [1.165, 1.54) is 0 Å². The van der Waals surface area contributed by atoms with Crippen LogP contribution in [0.15, 0.2) is 18.2 Å². The largest absolute Gasteiger partial charge is 0.444 e. The van der Waals surface area contributed by atoms with Gasteiger partial charge in [-0.25, -0.2) is 9.78 Å². The number of ether oxygens (including phenoxy) is 1. The molecule has 2 aliphatic heterocycles. The number of anilines is 1. The van der Waals surface area contributed by atoms with E-state index >= 15 is 0 Å². The molecule has 0 unspecified atom stereocenters. The van der Waals surface area contributed by atoms with E-state index in [2.05, 4.69) is 31.5 Å². The number of fused-ring (bicyclic) bond motifs is 3. The fourth-order valence-electron chi connectivity index (χ4n) is 5.09. The van der Waals surface area contributed by atoms with Crippen LogP contribution in [-0.4, -0.2) is 50.0 Å². The molecule has 0 spiro atoms. The average Bonchev–Trinajstić information content (AvgIpc) is 3.32. The van der Waals surface area contributed by atoms with Gasteiger partial charge in [-0.3, -0.25) is 5.10 Å². The van der Waals surface area contributed by atoms with Crippen molar-refractivity contribution in [2.45, 2.75) is 70.2 Å². The number of hydrogen-bond donors (Lipinski definition) is 2. The Morgan fingerprint density at radius 1 is 1.23 bits per heavy atom. The first-order chi connectivity index (χ1) is 16.6. The molecule has 5 rings (SSSR count). The fraction of sp³-hybridized carbons (Fsp3) is 0.458. The maximum atomic E-state index is 12.3. The van der Waals surface area contributed by atoms with Crippen LogP contribution >= 0.6 is 23.2 Å². The van der Waals surface area contributed by atoms with Crippen LogP contribution in [0.25, 0.3) is 22.3 Å². The molecule has 11 heteroatoms. The first-order valence-corrected chi connectivity index (χ1v) is 12.3. The van der Waals surface area contributed by atoms with Crippen molar-refractivity contribution in [2.24, 2.45) is 0 Å². The number of hydrogen-bond acceptors (Lipinski definition) is 7. The van der Waals surface area contributed by atoms with E-state index in [1.807, 2.05) is 20.8 Å². The normalized spacial score (nSPS) is 21.7. The molecule has 2 aliphatic rings. The van der Waals surface area contributed by atoms with Gasteiger partial charge < -0.3 is 15.0 Å². The lowest BCUT2D eigenvalue weighted by molar-refractivity contribution is 0.0492. The molecule has 0 radical (unpaired) electrons. The molecule has 4 heterocycles. The van der Waals surface area contributed by atoms with Gasteiger partial charge in [-0.15, -0.1) is 0 Å². The lowest BCUT2D eigenvalue weighted by atomic mass is 9.98. The third kappa shape index (κ3) is 4.48. The van der Waals surface area contributed by atoms with E-state index in [4.69, 9.17) is 32.9 Å². The number of carbonyl (C=O) groups excluding carboxylic acids is 1. The molecule has 1 aromatic carbocycles. The molecule has 2 N–H and O–H groups in total. The summed E-state index contributed by atoms with van der Waals surface area (Å²) in [6.45, 7) is 5.54. The number of halogens is 2. The number of nitriles is 1. The van der Waals surface area contributed by atoms with Gasteiger partial charge in [0.25, 0.3) is 0 Å². The molecule has 1 amide bonds. The van der Waals surface area contributed by atoms with Crippen molar-refractivity contribution >= 4 is 46.3 Å². The highest BCUT2D eigenvalue weighted by Crippen LogP contribution is 2.40. The summed E-state index contributed by atoms with van der Waals surface area (Å²) in [5.41, 5.74) is 1.23. The number of benzene rings is 1. The molecule has 2 aromatic heterocycles. The number of aromatic amines is 1. The van der Waals surface area contributed by atoms with Gasteiger partial charge in [-0.05, 0) is 52.5 Å². The van der Waals surface area contributed by atoms with Crippen molar-refractivity contribution in [1.29, 1.82) is 5.26 Å². The molecule has 2 saturated heterocycles. The molecule has 3 aromatic rings. The van der Waals surface area contributed by atoms with Gasteiger partial charge >= 0.3 is 6.09 Å². The molecular formula is C24H25Cl2N7O2. The van der Waals surface area contributed by atoms with Crippen LogP contribution in [-0.2, 0) is 4.74 Å². The number of amides is 1. The van der Waals surface area contributed by atoms with Gasteiger partial charge in [0.05, 0.1) is 15.4 Å². The second kappa shape index (κ2) is 8.85. The SMILES string of the molecule is CC(C)(C)OC(=O)N[C@@H]1C[C@H]2CC[C@@H](C1)N2c1nc(C#N)c2c(-c3cccc(Cl)c3Cl)n[nH]c2n1. The number of rotatable bonds is 3. The Kier molecular flexibility index (Phi) is 5.98. The minimum absolute atomic E-state index is 0.0153. The number of nitrogens with zero attached hydrogens (tertiary/aromatic N) is 5. The standard InChI is InChI=1S/C24H25Cl2N7O2/c1-24(2,3)35-23(34)28-12-9-13-7-8-14(10-12)33(13)22-29-17(11-27)18-20(31-32-21(18)30-22)15-5-4-6-16(25)19(15)26/h4-6,12-14H,7-10H2,1-3H3,(H,28,34)(H,29,30,31,32)/t12-,13-,14+. The third-order valence-electron chi connectivity index (χ3n) is 6.41. The summed E-state index contributed by atoms with van der Waals surface area (Å²) in [5, 5.41) is 21.5. The summed E-state index contributed by atoms with van der Waals surface area (Å²) in [6, 6.07) is 7.79. The summed E-state index contributed by atoms with van der Waals surface area (Å²) in [5.74, 6) is 0.490. The second-order valence-electron chi connectivity index (χ2n) is 9.99. The number of nitrogens with one attached hydrogen (secondary N) is 2. The topological polar surface area (TPSA) is 120 Å². The Bertz CT molecular complexity index is 1330. The summed E-state index contributed by atoms with van der Waals surface area (Å²) < 4.78 is 5.42. The molecule has 2 fully saturated rings. The Balaban J connectivity index is 1.43. The first kappa shape index (κ1) is 23.6. The van der Waals surface area contributed by atoms with Crippen molar-refractivity contribution in [3.05, 3.63) is 33.9 Å². The Labute approximate surface area is 212 Å². The monoisotopic (exact) mass is 513 g/mol. The van der Waals surface area contributed by atoms with E-state index in [0.29, 0.717) is 38.3 Å². The second-order valence-corrected chi connectivity index (χ2v) is 10.8. The van der Waals surface area contributed by atoms with Crippen LogP contribution < -0.4 is 10.2 Å². The number of alkyl carbamates (subject to hydrolysis) is 1. The molecule has 2 bridgehead atoms. The molecule has 3 atom stereocenters. The smallest absolute Gasteiger partial charge is 0.407 e. The summed E-state index contributed by atoms with van der Waals surface area (Å²) >= 11 is 12.6. The summed E-state index contributed by atoms with van der Waals surface area (Å²) in [6.07, 6.45) is 3.04. The van der Waals surface area contributed by atoms with Crippen LogP contribution in [0.5, 0.6) is 0 Å². The highest BCUT2D eigenvalue weighted by Gasteiger charge is 2.43. The van der Waals surface area contributed by atoms with Crippen molar-refractivity contribution < 1.29 is 9.53 Å². The number of carbonyl (C=O) groups is 1. The van der Waals surface area contributed by atoms with Gasteiger partial charge in [0.2, 0.25) is 5.95 Å². The van der Waals surface area contributed by atoms with Crippen molar-refractivity contribution in [2.75, 3.05) is 4.90 Å².